The number of nitrogens with one attached hydrogen (secondary N) is 2. The third-order valence-corrected chi connectivity index (χ3v) is 6.74. The fraction of sp³-hybridized carbons (Fsp3) is 0.348. The van der Waals surface area contributed by atoms with Crippen LogP contribution in [0.25, 0.3) is 15.9 Å². The average Bonchev–Trinajstić information content (AvgIpc) is 3.31. The third kappa shape index (κ3) is 3.77. The van der Waals surface area contributed by atoms with E-state index >= 15 is 0 Å². The lowest BCUT2D eigenvalue weighted by Crippen LogP contribution is -2.21. The minimum Gasteiger partial charge on any atom is -0.359 e. The van der Waals surface area contributed by atoms with Gasteiger partial charge in [-0.1, -0.05) is 36.7 Å². The average molecular weight is 404 g/mol. The first-order valence-electron chi connectivity index (χ1n) is 10.3. The topological polar surface area (TPSA) is 66.1 Å². The number of aromatic nitrogens is 3. The van der Waals surface area contributed by atoms with Gasteiger partial charge in [0.2, 0.25) is 0 Å². The second-order valence-electron chi connectivity index (χ2n) is 8.00. The van der Waals surface area contributed by atoms with E-state index in [1.54, 1.807) is 18.3 Å². The number of nitrogens with zero attached hydrogens (tertiary/aromatic N) is 3. The summed E-state index contributed by atoms with van der Waals surface area (Å²) in [5.41, 5.74) is 5.85. The molecule has 1 aliphatic rings. The van der Waals surface area contributed by atoms with Crippen LogP contribution in [0.5, 0.6) is 0 Å². The molecule has 5 nitrogen and oxygen atoms in total. The van der Waals surface area contributed by atoms with Crippen molar-refractivity contribution in [2.45, 2.75) is 51.5 Å². The largest absolute Gasteiger partial charge is 0.359 e. The molecular weight excluding hydrogens is 378 g/mol. The van der Waals surface area contributed by atoms with Gasteiger partial charge < -0.3 is 15.1 Å². The van der Waals surface area contributed by atoms with Crippen molar-refractivity contribution >= 4 is 38.0 Å². The molecule has 148 valence electrons. The molecule has 1 fully saturated rings. The van der Waals surface area contributed by atoms with Crippen LogP contribution < -0.4 is 5.32 Å². The summed E-state index contributed by atoms with van der Waals surface area (Å²) in [6, 6.07) is 11.1. The molecule has 1 aromatic carbocycles. The number of thiazole rings is 1. The molecule has 0 atom stereocenters. The molecule has 1 aliphatic carbocycles. The van der Waals surface area contributed by atoms with Gasteiger partial charge in [0.1, 0.15) is 5.65 Å². The van der Waals surface area contributed by atoms with Crippen molar-refractivity contribution in [3.63, 3.8) is 0 Å². The first-order chi connectivity index (χ1) is 14.2. The van der Waals surface area contributed by atoms with E-state index in [1.165, 1.54) is 42.4 Å². The van der Waals surface area contributed by atoms with Gasteiger partial charge in [-0.25, -0.2) is 9.97 Å². The minimum atomic E-state index is 0.560. The van der Waals surface area contributed by atoms with Gasteiger partial charge >= 0.3 is 0 Å². The Balaban J connectivity index is 1.37. The van der Waals surface area contributed by atoms with Crippen molar-refractivity contribution in [2.24, 2.45) is 0 Å². The summed E-state index contributed by atoms with van der Waals surface area (Å²) in [5.74, 6) is 0. The van der Waals surface area contributed by atoms with Crippen molar-refractivity contribution < 1.29 is 0 Å². The van der Waals surface area contributed by atoms with Crippen LogP contribution in [0, 0.1) is 5.41 Å². The Morgan fingerprint density at radius 3 is 2.90 bits per heavy atom. The van der Waals surface area contributed by atoms with Gasteiger partial charge in [0, 0.05) is 41.8 Å². The van der Waals surface area contributed by atoms with Crippen molar-refractivity contribution in [1.29, 1.82) is 5.41 Å². The summed E-state index contributed by atoms with van der Waals surface area (Å²) in [4.78, 5) is 9.33. The first-order valence-corrected chi connectivity index (χ1v) is 11.1. The van der Waals surface area contributed by atoms with Crippen LogP contribution in [0.1, 0.15) is 55.8 Å². The molecule has 3 aromatic heterocycles. The van der Waals surface area contributed by atoms with Gasteiger partial charge in [0.15, 0.2) is 5.13 Å². The lowest BCUT2D eigenvalue weighted by atomic mass is 9.96. The number of fused-ring (bicyclic) bond motifs is 2. The molecule has 4 aromatic rings. The SMILES string of the molecule is CC(=N)c1ccn2c(Cc3ccc4nc(NC5CCCCC5)sc4c3)cnc2c1. The van der Waals surface area contributed by atoms with E-state index in [9.17, 15) is 0 Å². The number of anilines is 1. The summed E-state index contributed by atoms with van der Waals surface area (Å²) >= 11 is 1.76. The highest BCUT2D eigenvalue weighted by molar-refractivity contribution is 7.22. The number of rotatable bonds is 5. The van der Waals surface area contributed by atoms with Crippen LogP contribution in [-0.4, -0.2) is 26.1 Å². The highest BCUT2D eigenvalue weighted by Crippen LogP contribution is 2.30. The molecule has 0 spiro atoms. The number of hydrogen-bond donors (Lipinski definition) is 2. The van der Waals surface area contributed by atoms with Crippen molar-refractivity contribution in [3.8, 4) is 0 Å². The van der Waals surface area contributed by atoms with E-state index in [1.807, 2.05) is 24.5 Å². The van der Waals surface area contributed by atoms with Crippen LogP contribution in [-0.2, 0) is 6.42 Å². The molecule has 0 radical (unpaired) electrons. The fourth-order valence-electron chi connectivity index (χ4n) is 4.17. The third-order valence-electron chi connectivity index (χ3n) is 5.79. The molecule has 5 rings (SSSR count). The Morgan fingerprint density at radius 2 is 2.07 bits per heavy atom. The maximum Gasteiger partial charge on any atom is 0.184 e. The standard InChI is InChI=1S/C23H25N5S/c1-15(24)17-9-10-28-19(14-25-22(28)13-17)11-16-7-8-20-21(12-16)29-23(27-20)26-18-5-3-2-4-6-18/h7-10,12-14,18,24H,2-6,11H2,1H3,(H,26,27). The highest BCUT2D eigenvalue weighted by atomic mass is 32.1. The molecule has 0 aliphatic heterocycles. The van der Waals surface area contributed by atoms with Gasteiger partial charge in [-0.15, -0.1) is 0 Å². The van der Waals surface area contributed by atoms with Crippen LogP contribution in [0.2, 0.25) is 0 Å². The van der Waals surface area contributed by atoms with E-state index in [4.69, 9.17) is 10.4 Å². The maximum absolute atomic E-state index is 7.81. The van der Waals surface area contributed by atoms with Crippen LogP contribution in [0.3, 0.4) is 0 Å². The van der Waals surface area contributed by atoms with Gasteiger partial charge in [-0.2, -0.15) is 0 Å². The number of imidazole rings is 1. The van der Waals surface area contributed by atoms with Crippen molar-refractivity contribution in [3.05, 3.63) is 59.5 Å². The Kier molecular flexibility index (Phi) is 4.79. The summed E-state index contributed by atoms with van der Waals surface area (Å²) in [6.07, 6.45) is 11.3. The normalized spacial score (nSPS) is 15.2. The number of benzene rings is 1. The second-order valence-corrected chi connectivity index (χ2v) is 9.03. The second kappa shape index (κ2) is 7.59. The van der Waals surface area contributed by atoms with Gasteiger partial charge in [-0.05, 0) is 49.6 Å². The van der Waals surface area contributed by atoms with Crippen LogP contribution in [0.15, 0.2) is 42.7 Å². The smallest absolute Gasteiger partial charge is 0.184 e. The summed E-state index contributed by atoms with van der Waals surface area (Å²) in [6.45, 7) is 1.80. The molecule has 0 amide bonds. The predicted octanol–water partition coefficient (Wildman–Crippen LogP) is 5.67. The zero-order valence-corrected chi connectivity index (χ0v) is 17.4. The summed E-state index contributed by atoms with van der Waals surface area (Å²) < 4.78 is 3.34. The van der Waals surface area contributed by atoms with Crippen LogP contribution >= 0.6 is 11.3 Å². The number of hydrogen-bond acceptors (Lipinski definition) is 5. The summed E-state index contributed by atoms with van der Waals surface area (Å²) in [5, 5.41) is 12.5. The maximum atomic E-state index is 7.81. The molecule has 1 saturated carbocycles. The lowest BCUT2D eigenvalue weighted by molar-refractivity contribution is 0.462. The van der Waals surface area contributed by atoms with E-state index in [-0.39, 0.29) is 0 Å². The predicted molar refractivity (Wildman–Crippen MR) is 121 cm³/mol. The number of pyridine rings is 1. The molecular formula is C23H25N5S. The first kappa shape index (κ1) is 18.3. The van der Waals surface area contributed by atoms with Crippen molar-refractivity contribution in [2.75, 3.05) is 5.32 Å². The molecule has 0 bridgehead atoms. The molecule has 3 heterocycles. The molecule has 0 saturated heterocycles. The van der Waals surface area contributed by atoms with E-state index in [0.29, 0.717) is 11.8 Å². The van der Waals surface area contributed by atoms with Crippen molar-refractivity contribution in [1.82, 2.24) is 14.4 Å². The molecule has 2 N–H and O–H groups in total. The van der Waals surface area contributed by atoms with Gasteiger partial charge in [0.25, 0.3) is 0 Å². The van der Waals surface area contributed by atoms with Gasteiger partial charge in [-0.3, -0.25) is 0 Å². The van der Waals surface area contributed by atoms with E-state index in [2.05, 4.69) is 32.9 Å². The molecule has 6 heteroatoms. The Morgan fingerprint density at radius 1 is 1.21 bits per heavy atom. The Labute approximate surface area is 174 Å². The molecule has 0 unspecified atom stereocenters. The quantitative estimate of drug-likeness (QED) is 0.422. The lowest BCUT2D eigenvalue weighted by Gasteiger charge is -2.22. The monoisotopic (exact) mass is 403 g/mol. The molecule has 29 heavy (non-hydrogen) atoms. The summed E-state index contributed by atoms with van der Waals surface area (Å²) in [7, 11) is 0. The van der Waals surface area contributed by atoms with Crippen LogP contribution in [0.4, 0.5) is 5.13 Å². The van der Waals surface area contributed by atoms with Gasteiger partial charge in [0.05, 0.1) is 10.2 Å². The fourth-order valence-corrected chi connectivity index (χ4v) is 5.18. The zero-order valence-electron chi connectivity index (χ0n) is 16.6. The zero-order chi connectivity index (χ0) is 19.8. The minimum absolute atomic E-state index is 0.560. The van der Waals surface area contributed by atoms with E-state index in [0.717, 1.165) is 34.0 Å². The Hall–Kier alpha value is -2.73. The highest BCUT2D eigenvalue weighted by Gasteiger charge is 2.15. The Bertz CT molecular complexity index is 1180. The van der Waals surface area contributed by atoms with E-state index < -0.39 is 0 Å².